The number of nitrogens with one attached hydrogen (secondary N) is 1. The third kappa shape index (κ3) is 3.16. The van der Waals surface area contributed by atoms with E-state index in [0.717, 1.165) is 5.56 Å². The second-order valence-electron chi connectivity index (χ2n) is 3.04. The van der Waals surface area contributed by atoms with Crippen molar-refractivity contribution in [3.63, 3.8) is 0 Å². The number of nitrogens with two attached hydrogens (primary N) is 1. The van der Waals surface area contributed by atoms with Crippen LogP contribution in [0.2, 0.25) is 0 Å². The maximum Gasteiger partial charge on any atom is 0.405 e. The standard InChI is InChI=1S/C9H11F3N2/c1-6-2-3-7(4-8(6)13)14-5-9(10,11)12/h2-4,14H,5,13H2,1H3. The fourth-order valence-electron chi connectivity index (χ4n) is 0.953. The molecule has 1 aromatic carbocycles. The van der Waals surface area contributed by atoms with Gasteiger partial charge >= 0.3 is 6.18 Å². The molecule has 2 nitrogen and oxygen atoms in total. The first-order chi connectivity index (χ1) is 6.38. The second kappa shape index (κ2) is 3.77. The molecule has 1 rings (SSSR count). The van der Waals surface area contributed by atoms with Gasteiger partial charge in [0, 0.05) is 11.4 Å². The lowest BCUT2D eigenvalue weighted by atomic mass is 10.2. The zero-order valence-corrected chi connectivity index (χ0v) is 7.65. The molecule has 0 amide bonds. The Bertz CT molecular complexity index is 320. The van der Waals surface area contributed by atoms with Crippen molar-refractivity contribution >= 4 is 11.4 Å². The van der Waals surface area contributed by atoms with E-state index >= 15 is 0 Å². The van der Waals surface area contributed by atoms with Crippen LogP contribution in [0.4, 0.5) is 24.5 Å². The van der Waals surface area contributed by atoms with Gasteiger partial charge in [0.25, 0.3) is 0 Å². The first-order valence-corrected chi connectivity index (χ1v) is 4.05. The van der Waals surface area contributed by atoms with Crippen molar-refractivity contribution < 1.29 is 13.2 Å². The lowest BCUT2D eigenvalue weighted by molar-refractivity contribution is -0.115. The predicted molar refractivity (Wildman–Crippen MR) is 50.1 cm³/mol. The Labute approximate surface area is 79.9 Å². The van der Waals surface area contributed by atoms with Crippen molar-refractivity contribution in [3.8, 4) is 0 Å². The van der Waals surface area contributed by atoms with Gasteiger partial charge in [-0.1, -0.05) is 6.07 Å². The highest BCUT2D eigenvalue weighted by atomic mass is 19.4. The largest absolute Gasteiger partial charge is 0.405 e. The van der Waals surface area contributed by atoms with Crippen LogP contribution >= 0.6 is 0 Å². The second-order valence-corrected chi connectivity index (χ2v) is 3.04. The van der Waals surface area contributed by atoms with Crippen LogP contribution < -0.4 is 11.1 Å². The molecule has 3 N–H and O–H groups in total. The molecule has 0 aromatic heterocycles. The molecular formula is C9H11F3N2. The summed E-state index contributed by atoms with van der Waals surface area (Å²) in [5, 5.41) is 2.25. The van der Waals surface area contributed by atoms with Crippen LogP contribution in [0.5, 0.6) is 0 Å². The molecule has 0 aliphatic heterocycles. The number of aryl methyl sites for hydroxylation is 1. The van der Waals surface area contributed by atoms with Crippen LogP contribution in [0.3, 0.4) is 0 Å². The molecule has 0 fully saturated rings. The number of hydrogen-bond donors (Lipinski definition) is 2. The highest BCUT2D eigenvalue weighted by Crippen LogP contribution is 2.19. The predicted octanol–water partition coefficient (Wildman–Crippen LogP) is 2.55. The maximum absolute atomic E-state index is 11.8. The summed E-state index contributed by atoms with van der Waals surface area (Å²) in [6.45, 7) is 0.748. The van der Waals surface area contributed by atoms with E-state index in [-0.39, 0.29) is 0 Å². The average molecular weight is 204 g/mol. The van der Waals surface area contributed by atoms with Crippen molar-refractivity contribution in [3.05, 3.63) is 23.8 Å². The van der Waals surface area contributed by atoms with E-state index < -0.39 is 12.7 Å². The van der Waals surface area contributed by atoms with Crippen molar-refractivity contribution in [1.82, 2.24) is 0 Å². The van der Waals surface area contributed by atoms with E-state index in [1.165, 1.54) is 6.07 Å². The number of alkyl halides is 3. The fraction of sp³-hybridized carbons (Fsp3) is 0.333. The van der Waals surface area contributed by atoms with E-state index in [1.807, 2.05) is 0 Å². The topological polar surface area (TPSA) is 38.0 Å². The van der Waals surface area contributed by atoms with Gasteiger partial charge in [0.2, 0.25) is 0 Å². The van der Waals surface area contributed by atoms with Gasteiger partial charge in [-0.2, -0.15) is 13.2 Å². The Kier molecular flexibility index (Phi) is 2.88. The van der Waals surface area contributed by atoms with Crippen molar-refractivity contribution in [2.75, 3.05) is 17.6 Å². The van der Waals surface area contributed by atoms with Crippen molar-refractivity contribution in [1.29, 1.82) is 0 Å². The molecule has 0 unspecified atom stereocenters. The molecule has 0 spiro atoms. The molecular weight excluding hydrogens is 193 g/mol. The molecule has 0 heterocycles. The van der Waals surface area contributed by atoms with Crippen LogP contribution in [0.1, 0.15) is 5.56 Å². The lowest BCUT2D eigenvalue weighted by Crippen LogP contribution is -2.21. The molecule has 0 radical (unpaired) electrons. The number of rotatable bonds is 2. The number of nitrogen functional groups attached to an aromatic ring is 1. The van der Waals surface area contributed by atoms with E-state index in [9.17, 15) is 13.2 Å². The van der Waals surface area contributed by atoms with Gasteiger partial charge in [0.05, 0.1) is 0 Å². The van der Waals surface area contributed by atoms with Gasteiger partial charge in [0.1, 0.15) is 6.54 Å². The monoisotopic (exact) mass is 204 g/mol. The van der Waals surface area contributed by atoms with E-state index in [1.54, 1.807) is 19.1 Å². The first kappa shape index (κ1) is 10.7. The van der Waals surface area contributed by atoms with E-state index in [4.69, 9.17) is 5.73 Å². The molecule has 0 aliphatic rings. The molecule has 78 valence electrons. The minimum absolute atomic E-state index is 0.380. The third-order valence-electron chi connectivity index (χ3n) is 1.77. The Hall–Kier alpha value is -1.39. The molecule has 0 saturated heterocycles. The third-order valence-corrected chi connectivity index (χ3v) is 1.77. The van der Waals surface area contributed by atoms with Gasteiger partial charge < -0.3 is 11.1 Å². The summed E-state index contributed by atoms with van der Waals surface area (Å²) in [6.07, 6.45) is -4.21. The van der Waals surface area contributed by atoms with Crippen LogP contribution in [0, 0.1) is 6.92 Å². The Balaban J connectivity index is 2.65. The van der Waals surface area contributed by atoms with Crippen LogP contribution in [-0.4, -0.2) is 12.7 Å². The molecule has 0 aliphatic carbocycles. The zero-order chi connectivity index (χ0) is 10.8. The summed E-state index contributed by atoms with van der Waals surface area (Å²) in [5.74, 6) is 0. The van der Waals surface area contributed by atoms with Crippen LogP contribution in [0.15, 0.2) is 18.2 Å². The van der Waals surface area contributed by atoms with Crippen molar-refractivity contribution in [2.45, 2.75) is 13.1 Å². The Morgan fingerprint density at radius 3 is 2.50 bits per heavy atom. The summed E-state index contributed by atoms with van der Waals surface area (Å²) in [7, 11) is 0. The number of anilines is 2. The maximum atomic E-state index is 11.8. The summed E-state index contributed by atoms with van der Waals surface area (Å²) >= 11 is 0. The molecule has 14 heavy (non-hydrogen) atoms. The minimum Gasteiger partial charge on any atom is -0.398 e. The fourth-order valence-corrected chi connectivity index (χ4v) is 0.953. The van der Waals surface area contributed by atoms with E-state index in [0.29, 0.717) is 11.4 Å². The zero-order valence-electron chi connectivity index (χ0n) is 7.65. The summed E-state index contributed by atoms with van der Waals surface area (Å²) < 4.78 is 35.5. The molecule has 1 aromatic rings. The molecule has 0 bridgehead atoms. The van der Waals surface area contributed by atoms with Gasteiger partial charge in [0.15, 0.2) is 0 Å². The SMILES string of the molecule is Cc1ccc(NCC(F)(F)F)cc1N. The Morgan fingerprint density at radius 2 is 2.00 bits per heavy atom. The van der Waals surface area contributed by atoms with E-state index in [2.05, 4.69) is 5.32 Å². The van der Waals surface area contributed by atoms with Crippen LogP contribution in [0.25, 0.3) is 0 Å². The number of halogens is 3. The quantitative estimate of drug-likeness (QED) is 0.726. The number of hydrogen-bond acceptors (Lipinski definition) is 2. The minimum atomic E-state index is -4.21. The van der Waals surface area contributed by atoms with Gasteiger partial charge in [-0.15, -0.1) is 0 Å². The highest BCUT2D eigenvalue weighted by molar-refractivity contribution is 5.58. The summed E-state index contributed by atoms with van der Waals surface area (Å²) in [5.41, 5.74) is 7.25. The smallest absolute Gasteiger partial charge is 0.398 e. The number of benzene rings is 1. The van der Waals surface area contributed by atoms with Crippen LogP contribution in [-0.2, 0) is 0 Å². The van der Waals surface area contributed by atoms with Gasteiger partial charge in [-0.25, -0.2) is 0 Å². The highest BCUT2D eigenvalue weighted by Gasteiger charge is 2.26. The Morgan fingerprint density at radius 1 is 1.36 bits per heavy atom. The van der Waals surface area contributed by atoms with Gasteiger partial charge in [-0.3, -0.25) is 0 Å². The first-order valence-electron chi connectivity index (χ1n) is 4.05. The normalized spacial score (nSPS) is 11.4. The molecule has 5 heteroatoms. The molecule has 0 saturated carbocycles. The van der Waals surface area contributed by atoms with Crippen molar-refractivity contribution in [2.24, 2.45) is 0 Å². The lowest BCUT2D eigenvalue weighted by Gasteiger charge is -2.10. The summed E-state index contributed by atoms with van der Waals surface area (Å²) in [4.78, 5) is 0. The van der Waals surface area contributed by atoms with Gasteiger partial charge in [-0.05, 0) is 24.6 Å². The summed E-state index contributed by atoms with van der Waals surface area (Å²) in [6, 6.07) is 4.73. The average Bonchev–Trinajstić information content (AvgIpc) is 2.06. The molecule has 0 atom stereocenters.